The zero-order chi connectivity index (χ0) is 18.8. The molecule has 0 N–H and O–H groups in total. The van der Waals surface area contributed by atoms with Crippen LogP contribution in [0.3, 0.4) is 0 Å². The maximum Gasteiger partial charge on any atom is 0.258 e. The molecule has 27 heavy (non-hydrogen) atoms. The van der Waals surface area contributed by atoms with Crippen molar-refractivity contribution in [3.63, 3.8) is 0 Å². The molecular formula is C21H24N2O4. The van der Waals surface area contributed by atoms with Gasteiger partial charge in [0.1, 0.15) is 0 Å². The minimum Gasteiger partial charge on any atom is -0.493 e. The Morgan fingerprint density at radius 3 is 2.48 bits per heavy atom. The van der Waals surface area contributed by atoms with Gasteiger partial charge in [0.2, 0.25) is 0 Å². The Bertz CT molecular complexity index is 846. The van der Waals surface area contributed by atoms with Gasteiger partial charge in [-0.15, -0.1) is 0 Å². The summed E-state index contributed by atoms with van der Waals surface area (Å²) in [4.78, 5) is 17.2. The van der Waals surface area contributed by atoms with Crippen LogP contribution in [0.1, 0.15) is 15.9 Å². The maximum atomic E-state index is 13.1. The van der Waals surface area contributed by atoms with E-state index in [2.05, 4.69) is 23.1 Å². The highest BCUT2D eigenvalue weighted by atomic mass is 16.5. The van der Waals surface area contributed by atoms with Crippen LogP contribution in [0.15, 0.2) is 36.4 Å². The second-order valence-corrected chi connectivity index (χ2v) is 6.69. The number of benzene rings is 2. The van der Waals surface area contributed by atoms with Crippen molar-refractivity contribution in [3.8, 4) is 11.5 Å². The summed E-state index contributed by atoms with van der Waals surface area (Å²) in [5, 5.41) is 0. The fourth-order valence-electron chi connectivity index (χ4n) is 3.74. The minimum absolute atomic E-state index is 0.0196. The van der Waals surface area contributed by atoms with E-state index in [-0.39, 0.29) is 5.91 Å². The monoisotopic (exact) mass is 368 g/mol. The Labute approximate surface area is 159 Å². The summed E-state index contributed by atoms with van der Waals surface area (Å²) in [7, 11) is 3.16. The maximum absolute atomic E-state index is 13.1. The summed E-state index contributed by atoms with van der Waals surface area (Å²) >= 11 is 0. The molecule has 0 unspecified atom stereocenters. The number of ether oxygens (including phenoxy) is 3. The lowest BCUT2D eigenvalue weighted by atomic mass is 10.1. The number of hydrogen-bond donors (Lipinski definition) is 0. The summed E-state index contributed by atoms with van der Waals surface area (Å²) in [5.41, 5.74) is 4.01. The number of nitrogens with zero attached hydrogens (tertiary/aromatic N) is 2. The lowest BCUT2D eigenvalue weighted by Crippen LogP contribution is -2.36. The van der Waals surface area contributed by atoms with Gasteiger partial charge >= 0.3 is 0 Å². The highest BCUT2D eigenvalue weighted by Crippen LogP contribution is 2.34. The van der Waals surface area contributed by atoms with Crippen LogP contribution in [-0.4, -0.2) is 53.0 Å². The van der Waals surface area contributed by atoms with Crippen LogP contribution in [-0.2, 0) is 11.2 Å². The van der Waals surface area contributed by atoms with Crippen molar-refractivity contribution in [2.45, 2.75) is 6.42 Å². The fraction of sp³-hybridized carbons (Fsp3) is 0.381. The molecule has 0 aromatic heterocycles. The Hall–Kier alpha value is -2.73. The van der Waals surface area contributed by atoms with Gasteiger partial charge in [0.05, 0.1) is 27.4 Å². The average molecular weight is 368 g/mol. The first-order chi connectivity index (χ1) is 13.2. The topological polar surface area (TPSA) is 51.2 Å². The van der Waals surface area contributed by atoms with Gasteiger partial charge in [0.25, 0.3) is 5.91 Å². The molecule has 2 heterocycles. The molecule has 0 bridgehead atoms. The first kappa shape index (κ1) is 17.7. The number of methoxy groups -OCH3 is 2. The van der Waals surface area contributed by atoms with Gasteiger partial charge in [-0.1, -0.05) is 0 Å². The van der Waals surface area contributed by atoms with Crippen LogP contribution >= 0.6 is 0 Å². The summed E-state index contributed by atoms with van der Waals surface area (Å²) in [5.74, 6) is 1.16. The van der Waals surface area contributed by atoms with Gasteiger partial charge in [-0.2, -0.15) is 0 Å². The Morgan fingerprint density at radius 1 is 0.963 bits per heavy atom. The van der Waals surface area contributed by atoms with Crippen LogP contribution in [0.4, 0.5) is 11.4 Å². The van der Waals surface area contributed by atoms with Crippen LogP contribution in [0.2, 0.25) is 0 Å². The van der Waals surface area contributed by atoms with Crippen LogP contribution in [0.25, 0.3) is 0 Å². The highest BCUT2D eigenvalue weighted by molar-refractivity contribution is 6.07. The van der Waals surface area contributed by atoms with Gasteiger partial charge in [-0.3, -0.25) is 4.79 Å². The summed E-state index contributed by atoms with van der Waals surface area (Å²) in [6.07, 6.45) is 0.868. The van der Waals surface area contributed by atoms with Gasteiger partial charge < -0.3 is 24.0 Å². The second-order valence-electron chi connectivity index (χ2n) is 6.69. The van der Waals surface area contributed by atoms with Crippen molar-refractivity contribution < 1.29 is 19.0 Å². The molecule has 1 saturated heterocycles. The molecule has 6 nitrogen and oxygen atoms in total. The Kier molecular flexibility index (Phi) is 4.90. The summed E-state index contributed by atoms with van der Waals surface area (Å²) in [6.45, 7) is 4.04. The standard InChI is InChI=1S/C21H24N2O4/c1-25-19-6-3-16(14-20(19)26-2)21(24)23-8-7-15-13-17(4-5-18(15)23)22-9-11-27-12-10-22/h3-6,13-14H,7-12H2,1-2H3. The molecule has 4 rings (SSSR count). The van der Waals surface area contributed by atoms with Gasteiger partial charge in [-0.05, 0) is 48.4 Å². The van der Waals surface area contributed by atoms with E-state index in [0.717, 1.165) is 38.4 Å². The normalized spacial score (nSPS) is 16.2. The van der Waals surface area contributed by atoms with Gasteiger partial charge in [0, 0.05) is 36.6 Å². The van der Waals surface area contributed by atoms with E-state index in [0.29, 0.717) is 23.6 Å². The lowest BCUT2D eigenvalue weighted by Gasteiger charge is -2.29. The smallest absolute Gasteiger partial charge is 0.258 e. The third-order valence-corrected chi connectivity index (χ3v) is 5.21. The number of carbonyl (C=O) groups excluding carboxylic acids is 1. The third-order valence-electron chi connectivity index (χ3n) is 5.21. The van der Waals surface area contributed by atoms with Crippen LogP contribution < -0.4 is 19.3 Å². The van der Waals surface area contributed by atoms with Crippen molar-refractivity contribution in [2.75, 3.05) is 56.9 Å². The first-order valence-corrected chi connectivity index (χ1v) is 9.21. The Balaban J connectivity index is 1.57. The number of fused-ring (bicyclic) bond motifs is 1. The predicted octanol–water partition coefficient (Wildman–Crippen LogP) is 2.74. The minimum atomic E-state index is -0.0196. The zero-order valence-electron chi connectivity index (χ0n) is 15.7. The Morgan fingerprint density at radius 2 is 1.74 bits per heavy atom. The van der Waals surface area contributed by atoms with Crippen molar-refractivity contribution in [2.24, 2.45) is 0 Å². The number of rotatable bonds is 4. The van der Waals surface area contributed by atoms with E-state index in [1.54, 1.807) is 32.4 Å². The van der Waals surface area contributed by atoms with E-state index in [4.69, 9.17) is 14.2 Å². The van der Waals surface area contributed by atoms with E-state index >= 15 is 0 Å². The summed E-state index contributed by atoms with van der Waals surface area (Å²) in [6, 6.07) is 11.7. The van der Waals surface area contributed by atoms with Crippen molar-refractivity contribution in [3.05, 3.63) is 47.5 Å². The number of carbonyl (C=O) groups is 1. The largest absolute Gasteiger partial charge is 0.493 e. The molecular weight excluding hydrogens is 344 g/mol. The number of morpholine rings is 1. The molecule has 2 aromatic rings. The van der Waals surface area contributed by atoms with E-state index in [9.17, 15) is 4.79 Å². The average Bonchev–Trinajstić information content (AvgIpc) is 3.16. The fourth-order valence-corrected chi connectivity index (χ4v) is 3.74. The molecule has 6 heteroatoms. The van der Waals surface area contributed by atoms with E-state index in [1.165, 1.54) is 11.3 Å². The molecule has 142 valence electrons. The van der Waals surface area contributed by atoms with Crippen LogP contribution in [0, 0.1) is 0 Å². The number of anilines is 2. The van der Waals surface area contributed by atoms with Crippen molar-refractivity contribution in [1.29, 1.82) is 0 Å². The molecule has 0 radical (unpaired) electrons. The van der Waals surface area contributed by atoms with Crippen LogP contribution in [0.5, 0.6) is 11.5 Å². The zero-order valence-corrected chi connectivity index (χ0v) is 15.7. The molecule has 0 aliphatic carbocycles. The summed E-state index contributed by atoms with van der Waals surface area (Å²) < 4.78 is 16.0. The molecule has 0 atom stereocenters. The van der Waals surface area contributed by atoms with Crippen molar-refractivity contribution >= 4 is 17.3 Å². The van der Waals surface area contributed by atoms with E-state index < -0.39 is 0 Å². The first-order valence-electron chi connectivity index (χ1n) is 9.21. The quantitative estimate of drug-likeness (QED) is 0.831. The molecule has 2 aliphatic heterocycles. The predicted molar refractivity (Wildman–Crippen MR) is 104 cm³/mol. The van der Waals surface area contributed by atoms with Gasteiger partial charge in [0.15, 0.2) is 11.5 Å². The second kappa shape index (κ2) is 7.48. The van der Waals surface area contributed by atoms with Crippen molar-refractivity contribution in [1.82, 2.24) is 0 Å². The molecule has 2 aromatic carbocycles. The molecule has 0 saturated carbocycles. The van der Waals surface area contributed by atoms with Gasteiger partial charge in [-0.25, -0.2) is 0 Å². The molecule has 1 fully saturated rings. The molecule has 2 aliphatic rings. The molecule has 0 spiro atoms. The SMILES string of the molecule is COc1ccc(C(=O)N2CCc3cc(N4CCOCC4)ccc32)cc1OC. The number of amides is 1. The molecule has 1 amide bonds. The number of hydrogen-bond acceptors (Lipinski definition) is 5. The lowest BCUT2D eigenvalue weighted by molar-refractivity contribution is 0.0989. The highest BCUT2D eigenvalue weighted by Gasteiger charge is 2.27. The third kappa shape index (κ3) is 3.32. The van der Waals surface area contributed by atoms with E-state index in [1.807, 2.05) is 4.90 Å².